The maximum Gasteiger partial charge on any atom is 0.277 e. The van der Waals surface area contributed by atoms with Gasteiger partial charge in [0, 0.05) is 22.2 Å². The monoisotopic (exact) mass is 327 g/mol. The molecule has 0 fully saturated rings. The minimum Gasteiger partial charge on any atom is -0.290 e. The molecule has 0 unspecified atom stereocenters. The lowest BCUT2D eigenvalue weighted by atomic mass is 10.0. The van der Waals surface area contributed by atoms with E-state index in [0.29, 0.717) is 16.2 Å². The molecule has 0 aromatic heterocycles. The van der Waals surface area contributed by atoms with Crippen LogP contribution >= 0.6 is 34.8 Å². The Balaban J connectivity index is 2.40. The van der Waals surface area contributed by atoms with Crippen LogP contribution in [-0.2, 0) is 4.79 Å². The van der Waals surface area contributed by atoms with Crippen LogP contribution in [0.15, 0.2) is 51.0 Å². The predicted molar refractivity (Wildman–Crippen MR) is 80.7 cm³/mol. The molecule has 0 heterocycles. The van der Waals surface area contributed by atoms with Gasteiger partial charge in [-0.2, -0.15) is 0 Å². The van der Waals surface area contributed by atoms with Crippen LogP contribution in [0.25, 0.3) is 0 Å². The van der Waals surface area contributed by atoms with E-state index < -0.39 is 5.91 Å². The number of benzene rings is 1. The molecule has 1 aliphatic carbocycles. The minimum absolute atomic E-state index is 0.0490. The number of aliphatic imine (C=N–C) groups is 1. The quantitative estimate of drug-likeness (QED) is 0.727. The highest BCUT2D eigenvalue weighted by Crippen LogP contribution is 2.26. The number of carbonyl (C=O) groups excluding carboxylic acids is 2. The second-order valence-corrected chi connectivity index (χ2v) is 5.29. The molecule has 0 bridgehead atoms. The third-order valence-electron chi connectivity index (χ3n) is 2.70. The number of carbonyl (C=O) groups is 2. The fourth-order valence-corrected chi connectivity index (χ4v) is 2.19. The average molecular weight is 329 g/mol. The van der Waals surface area contributed by atoms with Crippen LogP contribution in [0.4, 0.5) is 0 Å². The van der Waals surface area contributed by atoms with E-state index in [2.05, 4.69) is 4.99 Å². The van der Waals surface area contributed by atoms with E-state index in [1.807, 2.05) is 0 Å². The number of ketones is 1. The molecule has 0 aliphatic heterocycles. The van der Waals surface area contributed by atoms with Gasteiger partial charge < -0.3 is 0 Å². The van der Waals surface area contributed by atoms with Crippen molar-refractivity contribution in [3.05, 3.63) is 56.6 Å². The summed E-state index contributed by atoms with van der Waals surface area (Å²) < 4.78 is 0. The van der Waals surface area contributed by atoms with E-state index in [4.69, 9.17) is 34.8 Å². The van der Waals surface area contributed by atoms with Crippen LogP contribution in [-0.4, -0.2) is 17.4 Å². The van der Waals surface area contributed by atoms with Crippen molar-refractivity contribution in [3.8, 4) is 0 Å². The summed E-state index contributed by atoms with van der Waals surface area (Å²) in [6.07, 6.45) is 1.19. The molecule has 0 saturated carbocycles. The lowest BCUT2D eigenvalue weighted by molar-refractivity contribution is -0.111. The highest BCUT2D eigenvalue weighted by atomic mass is 35.5. The minimum atomic E-state index is -0.511. The molecule has 1 aromatic carbocycles. The van der Waals surface area contributed by atoms with Gasteiger partial charge in [-0.1, -0.05) is 34.8 Å². The lowest BCUT2D eigenvalue weighted by Crippen LogP contribution is -2.14. The topological polar surface area (TPSA) is 46.5 Å². The van der Waals surface area contributed by atoms with Gasteiger partial charge in [0.1, 0.15) is 5.71 Å². The zero-order chi connectivity index (χ0) is 14.9. The summed E-state index contributed by atoms with van der Waals surface area (Å²) in [6, 6.07) is 6.26. The second-order valence-electron chi connectivity index (χ2n) is 4.07. The molecule has 0 saturated heterocycles. The van der Waals surface area contributed by atoms with Crippen LogP contribution in [0, 0.1) is 0 Å². The van der Waals surface area contributed by atoms with Gasteiger partial charge in [0.25, 0.3) is 5.91 Å². The van der Waals surface area contributed by atoms with Crippen molar-refractivity contribution in [1.82, 2.24) is 0 Å². The largest absolute Gasteiger partial charge is 0.290 e. The van der Waals surface area contributed by atoms with Crippen molar-refractivity contribution in [2.24, 2.45) is 4.99 Å². The summed E-state index contributed by atoms with van der Waals surface area (Å²) in [5, 5.41) is 0.655. The SMILES string of the molecule is CC1=C(Cl)C(=NC(=O)c2ccc(Cl)cc2)C(Cl)=CC1=O. The Kier molecular flexibility index (Phi) is 4.43. The fraction of sp³-hybridized carbons (Fsp3) is 0.0714. The Morgan fingerprint density at radius 2 is 1.70 bits per heavy atom. The summed E-state index contributed by atoms with van der Waals surface area (Å²) in [5.74, 6) is -0.804. The van der Waals surface area contributed by atoms with Crippen molar-refractivity contribution < 1.29 is 9.59 Å². The van der Waals surface area contributed by atoms with Gasteiger partial charge in [0.2, 0.25) is 0 Å². The molecule has 6 heteroatoms. The average Bonchev–Trinajstić information content (AvgIpc) is 2.42. The lowest BCUT2D eigenvalue weighted by Gasteiger charge is -2.11. The molecule has 0 atom stereocenters. The van der Waals surface area contributed by atoms with E-state index in [0.717, 1.165) is 0 Å². The second kappa shape index (κ2) is 5.92. The van der Waals surface area contributed by atoms with Crippen molar-refractivity contribution in [2.75, 3.05) is 0 Å². The van der Waals surface area contributed by atoms with Crippen LogP contribution in [0.5, 0.6) is 0 Å². The third kappa shape index (κ3) is 3.01. The number of hydrogen-bond acceptors (Lipinski definition) is 2. The fourth-order valence-electron chi connectivity index (χ4n) is 1.54. The summed E-state index contributed by atoms with van der Waals surface area (Å²) >= 11 is 17.7. The molecule has 20 heavy (non-hydrogen) atoms. The van der Waals surface area contributed by atoms with Gasteiger partial charge in [0.15, 0.2) is 5.78 Å². The molecule has 3 nitrogen and oxygen atoms in total. The van der Waals surface area contributed by atoms with Crippen LogP contribution < -0.4 is 0 Å². The number of hydrogen-bond donors (Lipinski definition) is 0. The zero-order valence-electron chi connectivity index (χ0n) is 10.3. The Morgan fingerprint density at radius 3 is 2.30 bits per heavy atom. The molecule has 0 radical (unpaired) electrons. The van der Waals surface area contributed by atoms with Crippen LogP contribution in [0.1, 0.15) is 17.3 Å². The highest BCUT2D eigenvalue weighted by molar-refractivity contribution is 6.59. The van der Waals surface area contributed by atoms with Crippen molar-refractivity contribution in [3.63, 3.8) is 0 Å². The maximum absolute atomic E-state index is 12.0. The smallest absolute Gasteiger partial charge is 0.277 e. The van der Waals surface area contributed by atoms with Crippen LogP contribution in [0.3, 0.4) is 0 Å². The molecule has 1 aliphatic rings. The number of nitrogens with zero attached hydrogens (tertiary/aromatic N) is 1. The van der Waals surface area contributed by atoms with E-state index in [-0.39, 0.29) is 21.6 Å². The molecule has 1 aromatic rings. The highest BCUT2D eigenvalue weighted by Gasteiger charge is 2.23. The van der Waals surface area contributed by atoms with Gasteiger partial charge in [-0.05, 0) is 31.2 Å². The molecule has 1 amide bonds. The first-order valence-electron chi connectivity index (χ1n) is 5.57. The molecule has 102 valence electrons. The first-order chi connectivity index (χ1) is 9.40. The first-order valence-corrected chi connectivity index (χ1v) is 6.71. The number of halogens is 3. The van der Waals surface area contributed by atoms with Crippen molar-refractivity contribution in [2.45, 2.75) is 6.92 Å². The van der Waals surface area contributed by atoms with Crippen molar-refractivity contribution in [1.29, 1.82) is 0 Å². The Bertz CT molecular complexity index is 685. The van der Waals surface area contributed by atoms with E-state index >= 15 is 0 Å². The van der Waals surface area contributed by atoms with Gasteiger partial charge in [-0.15, -0.1) is 0 Å². The van der Waals surface area contributed by atoms with Gasteiger partial charge in [0.05, 0.1) is 10.1 Å². The zero-order valence-corrected chi connectivity index (χ0v) is 12.6. The predicted octanol–water partition coefficient (Wildman–Crippen LogP) is 4.14. The molecular weight excluding hydrogens is 321 g/mol. The standard InChI is InChI=1S/C14H8Cl3NO2/c1-7-11(19)6-10(16)13(12(7)17)18-14(20)8-2-4-9(15)5-3-8/h2-6H,1H3. The Labute approximate surface area is 130 Å². The van der Waals surface area contributed by atoms with E-state index in [9.17, 15) is 9.59 Å². The molecular formula is C14H8Cl3NO2. The summed E-state index contributed by atoms with van der Waals surface area (Å²) in [4.78, 5) is 27.4. The number of amides is 1. The normalized spacial score (nSPS) is 17.5. The summed E-state index contributed by atoms with van der Waals surface area (Å²) in [6.45, 7) is 1.55. The molecule has 2 rings (SSSR count). The number of allylic oxidation sites excluding steroid dienone is 4. The van der Waals surface area contributed by atoms with E-state index in [1.54, 1.807) is 31.2 Å². The first kappa shape index (κ1) is 15.0. The van der Waals surface area contributed by atoms with Gasteiger partial charge in [-0.3, -0.25) is 9.59 Å². The maximum atomic E-state index is 12.0. The Hall–Kier alpha value is -1.42. The van der Waals surface area contributed by atoms with Crippen LogP contribution in [0.2, 0.25) is 5.02 Å². The number of rotatable bonds is 1. The molecule has 0 spiro atoms. The third-order valence-corrected chi connectivity index (χ3v) is 3.70. The van der Waals surface area contributed by atoms with Gasteiger partial charge in [-0.25, -0.2) is 4.99 Å². The van der Waals surface area contributed by atoms with Crippen molar-refractivity contribution >= 4 is 52.2 Å². The van der Waals surface area contributed by atoms with Gasteiger partial charge >= 0.3 is 0 Å². The summed E-state index contributed by atoms with van der Waals surface area (Å²) in [7, 11) is 0. The van der Waals surface area contributed by atoms with E-state index in [1.165, 1.54) is 6.08 Å². The Morgan fingerprint density at radius 1 is 1.10 bits per heavy atom. The summed E-state index contributed by atoms with van der Waals surface area (Å²) in [5.41, 5.74) is 0.759. The molecule has 0 N–H and O–H groups in total.